The van der Waals surface area contributed by atoms with E-state index in [1.807, 2.05) is 0 Å². The van der Waals surface area contributed by atoms with E-state index in [2.05, 4.69) is 43.4 Å². The molecule has 3 nitrogen and oxygen atoms in total. The maximum atomic E-state index is 5.70. The number of nitrogens with one attached hydrogen (secondary N) is 1. The number of ether oxygens (including phenoxy) is 2. The predicted octanol–water partition coefficient (Wildman–Crippen LogP) is 3.42. The molecule has 0 bridgehead atoms. The molecule has 0 aliphatic rings. The molecule has 0 radical (unpaired) electrons. The van der Waals surface area contributed by atoms with Gasteiger partial charge >= 0.3 is 0 Å². The Morgan fingerprint density at radius 1 is 1.10 bits per heavy atom. The Kier molecular flexibility index (Phi) is 9.09. The SMILES string of the molecule is CCNC(C)CCc1ccc(OCCCCOC)cc1. The Hall–Kier alpha value is -1.06. The highest BCUT2D eigenvalue weighted by Crippen LogP contribution is 2.14. The van der Waals surface area contributed by atoms with Crippen LogP contribution in [0.1, 0.15) is 38.7 Å². The number of aryl methyl sites for hydroxylation is 1. The molecule has 1 aromatic carbocycles. The Balaban J connectivity index is 2.22. The fraction of sp³-hybridized carbons (Fsp3) is 0.647. The van der Waals surface area contributed by atoms with Crippen molar-refractivity contribution < 1.29 is 9.47 Å². The molecular weight excluding hydrogens is 250 g/mol. The molecule has 0 fully saturated rings. The van der Waals surface area contributed by atoms with Crippen molar-refractivity contribution >= 4 is 0 Å². The Bertz CT molecular complexity index is 337. The van der Waals surface area contributed by atoms with E-state index < -0.39 is 0 Å². The zero-order chi connectivity index (χ0) is 14.6. The lowest BCUT2D eigenvalue weighted by Gasteiger charge is -2.12. The van der Waals surface area contributed by atoms with Crippen molar-refractivity contribution in [2.75, 3.05) is 26.9 Å². The fourth-order valence-electron chi connectivity index (χ4n) is 2.12. The van der Waals surface area contributed by atoms with E-state index in [1.165, 1.54) is 12.0 Å². The molecule has 1 N–H and O–H groups in total. The Morgan fingerprint density at radius 3 is 2.45 bits per heavy atom. The zero-order valence-corrected chi connectivity index (χ0v) is 13.2. The van der Waals surface area contributed by atoms with Gasteiger partial charge in [-0.05, 0) is 56.8 Å². The summed E-state index contributed by atoms with van der Waals surface area (Å²) in [7, 11) is 1.73. The molecule has 20 heavy (non-hydrogen) atoms. The second-order valence-electron chi connectivity index (χ2n) is 5.19. The van der Waals surface area contributed by atoms with Crippen molar-refractivity contribution in [3.8, 4) is 5.75 Å². The van der Waals surface area contributed by atoms with Crippen LogP contribution in [0.5, 0.6) is 5.75 Å². The molecule has 3 heteroatoms. The molecule has 1 unspecified atom stereocenters. The van der Waals surface area contributed by atoms with Crippen LogP contribution >= 0.6 is 0 Å². The van der Waals surface area contributed by atoms with Crippen molar-refractivity contribution in [2.24, 2.45) is 0 Å². The Labute approximate surface area is 123 Å². The smallest absolute Gasteiger partial charge is 0.119 e. The molecule has 0 saturated heterocycles. The quantitative estimate of drug-likeness (QED) is 0.630. The topological polar surface area (TPSA) is 30.5 Å². The van der Waals surface area contributed by atoms with Gasteiger partial charge in [-0.2, -0.15) is 0 Å². The summed E-state index contributed by atoms with van der Waals surface area (Å²) < 4.78 is 10.7. The minimum absolute atomic E-state index is 0.580. The third-order valence-corrected chi connectivity index (χ3v) is 3.35. The van der Waals surface area contributed by atoms with Crippen LogP contribution in [0.25, 0.3) is 0 Å². The van der Waals surface area contributed by atoms with Gasteiger partial charge in [0, 0.05) is 19.8 Å². The van der Waals surface area contributed by atoms with Crippen molar-refractivity contribution in [2.45, 2.75) is 45.6 Å². The first-order valence-electron chi connectivity index (χ1n) is 7.70. The lowest BCUT2D eigenvalue weighted by atomic mass is 10.1. The van der Waals surface area contributed by atoms with Crippen LogP contribution in [0.4, 0.5) is 0 Å². The second kappa shape index (κ2) is 10.7. The number of hydrogen-bond donors (Lipinski definition) is 1. The molecule has 1 aromatic rings. The van der Waals surface area contributed by atoms with Crippen molar-refractivity contribution in [1.29, 1.82) is 0 Å². The van der Waals surface area contributed by atoms with Crippen LogP contribution in [0, 0.1) is 0 Å². The summed E-state index contributed by atoms with van der Waals surface area (Å²) in [6, 6.07) is 9.07. The van der Waals surface area contributed by atoms with Crippen molar-refractivity contribution in [3.63, 3.8) is 0 Å². The number of benzene rings is 1. The maximum Gasteiger partial charge on any atom is 0.119 e. The summed E-state index contributed by atoms with van der Waals surface area (Å²) in [5.41, 5.74) is 1.38. The summed E-state index contributed by atoms with van der Waals surface area (Å²) in [5.74, 6) is 0.964. The number of hydrogen-bond acceptors (Lipinski definition) is 3. The average molecular weight is 279 g/mol. The molecule has 0 aliphatic heterocycles. The van der Waals surface area contributed by atoms with Gasteiger partial charge in [0.1, 0.15) is 5.75 Å². The largest absolute Gasteiger partial charge is 0.494 e. The van der Waals surface area contributed by atoms with E-state index in [0.717, 1.165) is 44.8 Å². The van der Waals surface area contributed by atoms with Crippen LogP contribution in [-0.4, -0.2) is 32.9 Å². The lowest BCUT2D eigenvalue weighted by Crippen LogP contribution is -2.25. The van der Waals surface area contributed by atoms with Gasteiger partial charge < -0.3 is 14.8 Å². The summed E-state index contributed by atoms with van der Waals surface area (Å²) in [4.78, 5) is 0. The van der Waals surface area contributed by atoms with Gasteiger partial charge in [0.25, 0.3) is 0 Å². The van der Waals surface area contributed by atoms with Gasteiger partial charge in [-0.3, -0.25) is 0 Å². The Morgan fingerprint density at radius 2 is 1.80 bits per heavy atom. The van der Waals surface area contributed by atoms with Gasteiger partial charge in [-0.1, -0.05) is 19.1 Å². The highest BCUT2D eigenvalue weighted by molar-refractivity contribution is 5.27. The maximum absolute atomic E-state index is 5.70. The van der Waals surface area contributed by atoms with Gasteiger partial charge in [0.05, 0.1) is 6.61 Å². The van der Waals surface area contributed by atoms with E-state index in [4.69, 9.17) is 9.47 Å². The van der Waals surface area contributed by atoms with Gasteiger partial charge in [0.2, 0.25) is 0 Å². The number of methoxy groups -OCH3 is 1. The van der Waals surface area contributed by atoms with Crippen LogP contribution in [0.2, 0.25) is 0 Å². The summed E-state index contributed by atoms with van der Waals surface area (Å²) >= 11 is 0. The van der Waals surface area contributed by atoms with E-state index in [9.17, 15) is 0 Å². The highest BCUT2D eigenvalue weighted by atomic mass is 16.5. The molecule has 0 amide bonds. The molecule has 0 aromatic heterocycles. The number of unbranched alkanes of at least 4 members (excludes halogenated alkanes) is 1. The predicted molar refractivity (Wildman–Crippen MR) is 84.5 cm³/mol. The monoisotopic (exact) mass is 279 g/mol. The number of rotatable bonds is 11. The first kappa shape index (κ1) is 17.0. The minimum Gasteiger partial charge on any atom is -0.494 e. The average Bonchev–Trinajstić information content (AvgIpc) is 2.46. The molecule has 1 rings (SSSR count). The third kappa shape index (κ3) is 7.51. The van der Waals surface area contributed by atoms with E-state index in [0.29, 0.717) is 6.04 Å². The first-order valence-corrected chi connectivity index (χ1v) is 7.70. The molecule has 0 aliphatic carbocycles. The van der Waals surface area contributed by atoms with E-state index >= 15 is 0 Å². The third-order valence-electron chi connectivity index (χ3n) is 3.35. The van der Waals surface area contributed by atoms with Gasteiger partial charge in [-0.25, -0.2) is 0 Å². The molecule has 0 heterocycles. The van der Waals surface area contributed by atoms with Gasteiger partial charge in [-0.15, -0.1) is 0 Å². The van der Waals surface area contributed by atoms with Crippen LogP contribution in [0.15, 0.2) is 24.3 Å². The highest BCUT2D eigenvalue weighted by Gasteiger charge is 2.01. The van der Waals surface area contributed by atoms with Crippen LogP contribution in [-0.2, 0) is 11.2 Å². The summed E-state index contributed by atoms with van der Waals surface area (Å²) in [6.45, 7) is 7.00. The zero-order valence-electron chi connectivity index (χ0n) is 13.2. The standard InChI is InChI=1S/C17H29NO2/c1-4-18-15(2)7-8-16-9-11-17(12-10-16)20-14-6-5-13-19-3/h9-12,15,18H,4-8,13-14H2,1-3H3. The summed E-state index contributed by atoms with van der Waals surface area (Å²) in [5, 5.41) is 3.44. The molecule has 0 spiro atoms. The lowest BCUT2D eigenvalue weighted by molar-refractivity contribution is 0.184. The normalized spacial score (nSPS) is 12.3. The molecule has 0 saturated carbocycles. The molecule has 114 valence electrons. The van der Waals surface area contributed by atoms with Crippen molar-refractivity contribution in [3.05, 3.63) is 29.8 Å². The van der Waals surface area contributed by atoms with Crippen LogP contribution in [0.3, 0.4) is 0 Å². The van der Waals surface area contributed by atoms with Gasteiger partial charge in [0.15, 0.2) is 0 Å². The van der Waals surface area contributed by atoms with E-state index in [-0.39, 0.29) is 0 Å². The first-order chi connectivity index (χ1) is 9.76. The van der Waals surface area contributed by atoms with Crippen LogP contribution < -0.4 is 10.1 Å². The minimum atomic E-state index is 0.580. The second-order valence-corrected chi connectivity index (χ2v) is 5.19. The fourth-order valence-corrected chi connectivity index (χ4v) is 2.12. The summed E-state index contributed by atoms with van der Waals surface area (Å²) in [6.07, 6.45) is 4.38. The van der Waals surface area contributed by atoms with E-state index in [1.54, 1.807) is 7.11 Å². The molecular formula is C17H29NO2. The molecule has 1 atom stereocenters. The van der Waals surface area contributed by atoms with Crippen molar-refractivity contribution in [1.82, 2.24) is 5.32 Å².